The van der Waals surface area contributed by atoms with Gasteiger partial charge in [-0.05, 0) is 23.8 Å². The fourth-order valence-electron chi connectivity index (χ4n) is 4.53. The molecule has 3 aromatic rings. The molecule has 0 fully saturated rings. The van der Waals surface area contributed by atoms with Gasteiger partial charge in [-0.3, -0.25) is 9.59 Å². The lowest BCUT2D eigenvalue weighted by molar-refractivity contribution is -0.127. The summed E-state index contributed by atoms with van der Waals surface area (Å²) < 4.78 is 5.28. The van der Waals surface area contributed by atoms with E-state index in [-0.39, 0.29) is 18.4 Å². The van der Waals surface area contributed by atoms with Crippen molar-refractivity contribution in [3.05, 3.63) is 95.6 Å². The van der Waals surface area contributed by atoms with Crippen molar-refractivity contribution >= 4 is 23.2 Å². The van der Waals surface area contributed by atoms with E-state index in [1.165, 1.54) is 0 Å². The van der Waals surface area contributed by atoms with Gasteiger partial charge >= 0.3 is 0 Å². The minimum Gasteiger partial charge on any atom is -0.383 e. The predicted molar refractivity (Wildman–Crippen MR) is 119 cm³/mol. The van der Waals surface area contributed by atoms with Crippen LogP contribution in [-0.4, -0.2) is 37.0 Å². The van der Waals surface area contributed by atoms with Gasteiger partial charge in [0.2, 0.25) is 5.66 Å². The molecule has 0 bridgehead atoms. The van der Waals surface area contributed by atoms with Crippen LogP contribution in [0.15, 0.2) is 78.9 Å². The third-order valence-electron chi connectivity index (χ3n) is 5.96. The van der Waals surface area contributed by atoms with Crippen molar-refractivity contribution in [2.45, 2.75) is 12.2 Å². The fraction of sp³-hybridized carbons (Fsp3) is 0.200. The Morgan fingerprint density at radius 2 is 1.61 bits per heavy atom. The van der Waals surface area contributed by atoms with Crippen molar-refractivity contribution in [1.29, 1.82) is 0 Å². The molecule has 0 saturated heterocycles. The Morgan fingerprint density at radius 3 is 2.42 bits per heavy atom. The summed E-state index contributed by atoms with van der Waals surface area (Å²) in [6.07, 6.45) is 0. The number of para-hydroxylation sites is 2. The maximum atomic E-state index is 14.1. The topological polar surface area (TPSA) is 61.9 Å². The molecule has 2 aliphatic rings. The second-order valence-electron chi connectivity index (χ2n) is 7.72. The molecule has 5 rings (SSSR count). The molecule has 0 aliphatic carbocycles. The Morgan fingerprint density at radius 1 is 0.903 bits per heavy atom. The van der Waals surface area contributed by atoms with Gasteiger partial charge in [0, 0.05) is 24.9 Å². The van der Waals surface area contributed by atoms with Gasteiger partial charge < -0.3 is 19.9 Å². The van der Waals surface area contributed by atoms with E-state index in [0.29, 0.717) is 24.4 Å². The Balaban J connectivity index is 1.67. The van der Waals surface area contributed by atoms with Crippen LogP contribution >= 0.6 is 0 Å². The molecule has 3 aromatic carbocycles. The van der Waals surface area contributed by atoms with E-state index in [1.54, 1.807) is 23.0 Å². The van der Waals surface area contributed by atoms with Crippen LogP contribution in [0.5, 0.6) is 0 Å². The van der Waals surface area contributed by atoms with Crippen LogP contribution in [0, 0.1) is 0 Å². The number of nitrogens with zero attached hydrogens (tertiary/aromatic N) is 2. The first kappa shape index (κ1) is 19.3. The summed E-state index contributed by atoms with van der Waals surface area (Å²) in [6, 6.07) is 24.9. The normalized spacial score (nSPS) is 19.4. The molecule has 0 aromatic heterocycles. The molecule has 0 saturated carbocycles. The first-order chi connectivity index (χ1) is 15.2. The monoisotopic (exact) mass is 413 g/mol. The summed E-state index contributed by atoms with van der Waals surface area (Å²) in [7, 11) is 1.59. The molecule has 1 N–H and O–H groups in total. The van der Waals surface area contributed by atoms with E-state index in [2.05, 4.69) is 5.32 Å². The van der Waals surface area contributed by atoms with Crippen LogP contribution in [0.25, 0.3) is 0 Å². The maximum absolute atomic E-state index is 14.1. The Bertz CT molecular complexity index is 1150. The summed E-state index contributed by atoms with van der Waals surface area (Å²) in [4.78, 5) is 31.0. The number of methoxy groups -OCH3 is 1. The van der Waals surface area contributed by atoms with E-state index in [0.717, 1.165) is 16.8 Å². The second kappa shape index (κ2) is 7.56. The number of anilines is 2. The number of carbonyl (C=O) groups is 2. The van der Waals surface area contributed by atoms with Gasteiger partial charge in [-0.2, -0.15) is 0 Å². The molecule has 31 heavy (non-hydrogen) atoms. The molecule has 2 aliphatic heterocycles. The zero-order valence-corrected chi connectivity index (χ0v) is 17.2. The number of carbonyl (C=O) groups excluding carboxylic acids is 2. The Kier molecular flexibility index (Phi) is 4.71. The van der Waals surface area contributed by atoms with Gasteiger partial charge in [-0.25, -0.2) is 0 Å². The minimum absolute atomic E-state index is 0.170. The lowest BCUT2D eigenvalue weighted by atomic mass is 9.93. The molecule has 6 nitrogen and oxygen atoms in total. The average Bonchev–Trinajstić information content (AvgIpc) is 3.03. The molecule has 2 heterocycles. The molecule has 1 atom stereocenters. The highest BCUT2D eigenvalue weighted by Gasteiger charge is 2.58. The van der Waals surface area contributed by atoms with Crippen LogP contribution in [0.4, 0.5) is 11.4 Å². The van der Waals surface area contributed by atoms with Crippen molar-refractivity contribution in [2.24, 2.45) is 0 Å². The number of nitrogens with one attached hydrogen (secondary N) is 1. The number of hydrogen-bond acceptors (Lipinski definition) is 4. The van der Waals surface area contributed by atoms with Gasteiger partial charge in [0.15, 0.2) is 0 Å². The number of rotatable bonds is 5. The van der Waals surface area contributed by atoms with Crippen molar-refractivity contribution < 1.29 is 14.3 Å². The molecule has 1 spiro atoms. The highest BCUT2D eigenvalue weighted by molar-refractivity contribution is 6.15. The SMILES string of the molecule is COCCN1C(=O)c2ccccc2N[C@]12C(=O)N(Cc1ccccc1)c1ccccc12. The first-order valence-corrected chi connectivity index (χ1v) is 10.3. The van der Waals surface area contributed by atoms with E-state index in [1.807, 2.05) is 72.8 Å². The zero-order valence-electron chi connectivity index (χ0n) is 17.2. The minimum atomic E-state index is -1.31. The molecule has 156 valence electrons. The van der Waals surface area contributed by atoms with Crippen LogP contribution < -0.4 is 10.2 Å². The quantitative estimate of drug-likeness (QED) is 0.694. The first-order valence-electron chi connectivity index (χ1n) is 10.3. The second-order valence-corrected chi connectivity index (χ2v) is 7.72. The summed E-state index contributed by atoms with van der Waals surface area (Å²) in [6.45, 7) is 1.04. The number of fused-ring (bicyclic) bond motifs is 3. The third-order valence-corrected chi connectivity index (χ3v) is 5.96. The van der Waals surface area contributed by atoms with Gasteiger partial charge in [0.25, 0.3) is 11.8 Å². The number of benzene rings is 3. The molecular formula is C25H23N3O3. The largest absolute Gasteiger partial charge is 0.383 e. The maximum Gasteiger partial charge on any atom is 0.279 e. The van der Waals surface area contributed by atoms with Gasteiger partial charge in [0.1, 0.15) is 0 Å². The summed E-state index contributed by atoms with van der Waals surface area (Å²) in [5, 5.41) is 3.44. The van der Waals surface area contributed by atoms with Crippen LogP contribution in [0.2, 0.25) is 0 Å². The highest BCUT2D eigenvalue weighted by Crippen LogP contribution is 2.48. The van der Waals surface area contributed by atoms with Crippen molar-refractivity contribution in [3.63, 3.8) is 0 Å². The average molecular weight is 413 g/mol. The predicted octanol–water partition coefficient (Wildman–Crippen LogP) is 3.60. The van der Waals surface area contributed by atoms with Crippen LogP contribution in [0.1, 0.15) is 21.5 Å². The van der Waals surface area contributed by atoms with Gasteiger partial charge in [-0.15, -0.1) is 0 Å². The zero-order chi connectivity index (χ0) is 21.4. The van der Waals surface area contributed by atoms with Crippen molar-refractivity contribution in [2.75, 3.05) is 30.5 Å². The fourth-order valence-corrected chi connectivity index (χ4v) is 4.53. The van der Waals surface area contributed by atoms with Crippen molar-refractivity contribution in [1.82, 2.24) is 4.90 Å². The lowest BCUT2D eigenvalue weighted by Crippen LogP contribution is -2.63. The summed E-state index contributed by atoms with van der Waals surface area (Å²) in [5.74, 6) is -0.354. The number of amides is 2. The van der Waals surface area contributed by atoms with E-state index in [4.69, 9.17) is 4.74 Å². The van der Waals surface area contributed by atoms with Gasteiger partial charge in [0.05, 0.1) is 24.4 Å². The number of ether oxygens (including phenoxy) is 1. The van der Waals surface area contributed by atoms with E-state index >= 15 is 0 Å². The molecule has 0 unspecified atom stereocenters. The molecule has 6 heteroatoms. The smallest absolute Gasteiger partial charge is 0.279 e. The van der Waals surface area contributed by atoms with Gasteiger partial charge in [-0.1, -0.05) is 60.7 Å². The molecule has 0 radical (unpaired) electrons. The lowest BCUT2D eigenvalue weighted by Gasteiger charge is -2.45. The summed E-state index contributed by atoms with van der Waals surface area (Å²) >= 11 is 0. The third kappa shape index (κ3) is 2.91. The van der Waals surface area contributed by atoms with Crippen LogP contribution in [-0.2, 0) is 21.7 Å². The van der Waals surface area contributed by atoms with E-state index in [9.17, 15) is 9.59 Å². The van der Waals surface area contributed by atoms with Crippen LogP contribution in [0.3, 0.4) is 0 Å². The molecular weight excluding hydrogens is 390 g/mol. The summed E-state index contributed by atoms with van der Waals surface area (Å²) in [5.41, 5.74) is 2.50. The Labute approximate surface area is 181 Å². The van der Waals surface area contributed by atoms with Crippen molar-refractivity contribution in [3.8, 4) is 0 Å². The highest BCUT2D eigenvalue weighted by atomic mass is 16.5. The Hall–Kier alpha value is -3.64. The van der Waals surface area contributed by atoms with E-state index < -0.39 is 5.66 Å². The molecule has 2 amide bonds. The number of hydrogen-bond donors (Lipinski definition) is 1. The standard InChI is InChI=1S/C25H23N3O3/c1-31-16-15-28-23(29)19-11-5-7-13-21(19)26-25(28)20-12-6-8-14-22(20)27(24(25)30)17-18-9-3-2-4-10-18/h2-14,26H,15-17H2,1H3/t25-/m0/s1.